The number of nitrogens with zero attached hydrogens (tertiary/aromatic N) is 1. The van der Waals surface area contributed by atoms with Gasteiger partial charge in [0.25, 0.3) is 0 Å². The van der Waals surface area contributed by atoms with Crippen molar-refractivity contribution >= 4 is 23.2 Å². The summed E-state index contributed by atoms with van der Waals surface area (Å²) in [6.07, 6.45) is 1.22. The number of carbonyl (C=O) groups is 2. The van der Waals surface area contributed by atoms with E-state index in [2.05, 4.69) is 34.6 Å². The molecule has 5 nitrogen and oxygen atoms in total. The van der Waals surface area contributed by atoms with E-state index in [1.54, 1.807) is 0 Å². The summed E-state index contributed by atoms with van der Waals surface area (Å²) in [4.78, 5) is 26.2. The lowest BCUT2D eigenvalue weighted by Crippen LogP contribution is -2.29. The second-order valence-corrected chi connectivity index (χ2v) is 7.27. The van der Waals surface area contributed by atoms with Gasteiger partial charge in [0.15, 0.2) is 0 Å². The number of para-hydroxylation sites is 2. The molecular weight excluding hydrogens is 338 g/mol. The summed E-state index contributed by atoms with van der Waals surface area (Å²) in [5, 5.41) is 5.82. The lowest BCUT2D eigenvalue weighted by molar-refractivity contribution is -0.122. The summed E-state index contributed by atoms with van der Waals surface area (Å²) in [6, 6.07) is 18.0. The molecule has 27 heavy (non-hydrogen) atoms. The van der Waals surface area contributed by atoms with Gasteiger partial charge < -0.3 is 15.5 Å². The maximum absolute atomic E-state index is 12.3. The van der Waals surface area contributed by atoms with Crippen molar-refractivity contribution in [2.24, 2.45) is 11.8 Å². The van der Waals surface area contributed by atoms with Crippen LogP contribution in [0.1, 0.15) is 25.3 Å². The smallest absolute Gasteiger partial charge is 0.226 e. The number of amides is 2. The van der Waals surface area contributed by atoms with Crippen LogP contribution in [0.4, 0.5) is 11.4 Å². The van der Waals surface area contributed by atoms with E-state index in [0.717, 1.165) is 24.3 Å². The molecule has 142 valence electrons. The van der Waals surface area contributed by atoms with Crippen molar-refractivity contribution in [3.05, 3.63) is 60.2 Å². The Bertz CT molecular complexity index is 791. The van der Waals surface area contributed by atoms with Gasteiger partial charge in [-0.05, 0) is 30.0 Å². The molecule has 1 aliphatic rings. The van der Waals surface area contributed by atoms with Crippen LogP contribution in [0, 0.1) is 11.8 Å². The van der Waals surface area contributed by atoms with Gasteiger partial charge in [-0.2, -0.15) is 0 Å². The van der Waals surface area contributed by atoms with E-state index >= 15 is 0 Å². The van der Waals surface area contributed by atoms with E-state index in [-0.39, 0.29) is 24.2 Å². The largest absolute Gasteiger partial charge is 0.369 e. The number of rotatable bonds is 8. The Balaban J connectivity index is 1.53. The molecule has 0 aromatic heterocycles. The van der Waals surface area contributed by atoms with E-state index in [4.69, 9.17) is 0 Å². The van der Waals surface area contributed by atoms with Gasteiger partial charge in [-0.15, -0.1) is 0 Å². The predicted octanol–water partition coefficient (Wildman–Crippen LogP) is 3.42. The highest BCUT2D eigenvalue weighted by atomic mass is 16.2. The summed E-state index contributed by atoms with van der Waals surface area (Å²) in [5.74, 6) is 0.587. The molecule has 1 aliphatic carbocycles. The molecule has 2 aromatic rings. The van der Waals surface area contributed by atoms with Crippen molar-refractivity contribution < 1.29 is 9.59 Å². The van der Waals surface area contributed by atoms with Crippen molar-refractivity contribution in [1.29, 1.82) is 0 Å². The molecule has 2 amide bonds. The molecule has 2 atom stereocenters. The van der Waals surface area contributed by atoms with E-state index in [1.165, 1.54) is 5.56 Å². The Morgan fingerprint density at radius 3 is 2.44 bits per heavy atom. The van der Waals surface area contributed by atoms with E-state index in [0.29, 0.717) is 12.5 Å². The summed E-state index contributed by atoms with van der Waals surface area (Å²) in [6.45, 7) is 3.19. The van der Waals surface area contributed by atoms with Gasteiger partial charge in [0.2, 0.25) is 11.8 Å². The van der Waals surface area contributed by atoms with Crippen LogP contribution < -0.4 is 15.5 Å². The second-order valence-electron chi connectivity index (χ2n) is 7.27. The Labute approximate surface area is 160 Å². The molecule has 0 bridgehead atoms. The van der Waals surface area contributed by atoms with Crippen molar-refractivity contribution in [3.8, 4) is 0 Å². The third-order valence-corrected chi connectivity index (χ3v) is 4.95. The second kappa shape index (κ2) is 8.71. The molecular formula is C22H27N3O2. The first-order chi connectivity index (χ1) is 13.0. The first-order valence-corrected chi connectivity index (χ1v) is 9.46. The number of nitrogens with one attached hydrogen (secondary N) is 2. The first kappa shape index (κ1) is 19.0. The Hall–Kier alpha value is -2.82. The van der Waals surface area contributed by atoms with Crippen LogP contribution in [0.15, 0.2) is 54.6 Å². The Kier molecular flexibility index (Phi) is 6.12. The van der Waals surface area contributed by atoms with Gasteiger partial charge >= 0.3 is 0 Å². The topological polar surface area (TPSA) is 61.4 Å². The fourth-order valence-corrected chi connectivity index (χ4v) is 3.19. The molecule has 0 aliphatic heterocycles. The number of hydrogen-bond donors (Lipinski definition) is 2. The van der Waals surface area contributed by atoms with Crippen LogP contribution in [0.25, 0.3) is 0 Å². The molecule has 5 heteroatoms. The highest BCUT2D eigenvalue weighted by Crippen LogP contribution is 2.37. The number of anilines is 2. The van der Waals surface area contributed by atoms with E-state index in [9.17, 15) is 9.59 Å². The predicted molar refractivity (Wildman–Crippen MR) is 109 cm³/mol. The molecule has 1 saturated carbocycles. The minimum Gasteiger partial charge on any atom is -0.369 e. The summed E-state index contributed by atoms with van der Waals surface area (Å²) < 4.78 is 0. The van der Waals surface area contributed by atoms with Crippen LogP contribution in [-0.2, 0) is 16.1 Å². The maximum atomic E-state index is 12.3. The van der Waals surface area contributed by atoms with Gasteiger partial charge in [0, 0.05) is 32.5 Å². The highest BCUT2D eigenvalue weighted by molar-refractivity contribution is 5.94. The fourth-order valence-electron chi connectivity index (χ4n) is 3.19. The van der Waals surface area contributed by atoms with Crippen molar-refractivity contribution in [1.82, 2.24) is 5.32 Å². The van der Waals surface area contributed by atoms with Gasteiger partial charge in [-0.3, -0.25) is 9.59 Å². The third-order valence-electron chi connectivity index (χ3n) is 4.95. The van der Waals surface area contributed by atoms with Gasteiger partial charge in [0.1, 0.15) is 0 Å². The van der Waals surface area contributed by atoms with Gasteiger partial charge in [0.05, 0.1) is 11.4 Å². The molecule has 0 saturated heterocycles. The van der Waals surface area contributed by atoms with Crippen LogP contribution in [0.5, 0.6) is 0 Å². The Morgan fingerprint density at radius 2 is 1.74 bits per heavy atom. The average molecular weight is 365 g/mol. The maximum Gasteiger partial charge on any atom is 0.226 e. The highest BCUT2D eigenvalue weighted by Gasteiger charge is 2.38. The standard InChI is InChI=1S/C22H27N3O2/c1-16-14-18(16)22(27)23-13-12-21(26)24-19-10-6-7-11-20(19)25(2)15-17-8-4-3-5-9-17/h3-11,16,18H,12-15H2,1-2H3,(H,23,27)(H,24,26). The minimum absolute atomic E-state index is 0.0679. The van der Waals surface area contributed by atoms with Crippen molar-refractivity contribution in [2.45, 2.75) is 26.3 Å². The molecule has 3 rings (SSSR count). The lowest BCUT2D eigenvalue weighted by Gasteiger charge is -2.23. The van der Waals surface area contributed by atoms with Crippen LogP contribution in [0.3, 0.4) is 0 Å². The quantitative estimate of drug-likeness (QED) is 0.753. The van der Waals surface area contributed by atoms with Crippen LogP contribution in [-0.4, -0.2) is 25.4 Å². The number of hydrogen-bond acceptors (Lipinski definition) is 3. The molecule has 2 aromatic carbocycles. The molecule has 0 radical (unpaired) electrons. The summed E-state index contributed by atoms with van der Waals surface area (Å²) in [5.41, 5.74) is 2.95. The van der Waals surface area contributed by atoms with E-state index in [1.807, 2.05) is 49.5 Å². The zero-order chi connectivity index (χ0) is 19.2. The minimum atomic E-state index is -0.0975. The first-order valence-electron chi connectivity index (χ1n) is 9.46. The Morgan fingerprint density at radius 1 is 1.07 bits per heavy atom. The molecule has 2 unspecified atom stereocenters. The fraction of sp³-hybridized carbons (Fsp3) is 0.364. The zero-order valence-corrected chi connectivity index (χ0v) is 15.9. The van der Waals surface area contributed by atoms with Crippen molar-refractivity contribution in [2.75, 3.05) is 23.8 Å². The van der Waals surface area contributed by atoms with Crippen LogP contribution in [0.2, 0.25) is 0 Å². The molecule has 2 N–H and O–H groups in total. The molecule has 1 fully saturated rings. The lowest BCUT2D eigenvalue weighted by atomic mass is 10.2. The normalized spacial score (nSPS) is 17.9. The average Bonchev–Trinajstić information content (AvgIpc) is 3.39. The van der Waals surface area contributed by atoms with Gasteiger partial charge in [-0.1, -0.05) is 49.4 Å². The SMILES string of the molecule is CC1CC1C(=O)NCCC(=O)Nc1ccccc1N(C)Cc1ccccc1. The van der Waals surface area contributed by atoms with Crippen molar-refractivity contribution in [3.63, 3.8) is 0 Å². The molecule has 0 spiro atoms. The van der Waals surface area contributed by atoms with Gasteiger partial charge in [-0.25, -0.2) is 0 Å². The summed E-state index contributed by atoms with van der Waals surface area (Å²) in [7, 11) is 2.01. The monoisotopic (exact) mass is 365 g/mol. The number of benzene rings is 2. The zero-order valence-electron chi connectivity index (χ0n) is 15.9. The number of carbonyl (C=O) groups excluding carboxylic acids is 2. The molecule has 0 heterocycles. The van der Waals surface area contributed by atoms with Crippen LogP contribution >= 0.6 is 0 Å². The summed E-state index contributed by atoms with van der Waals surface area (Å²) >= 11 is 0. The third kappa shape index (κ3) is 5.33. The van der Waals surface area contributed by atoms with E-state index < -0.39 is 0 Å².